The number of anilines is 1. The number of fused-ring (bicyclic) bond motifs is 1. The van der Waals surface area contributed by atoms with Crippen molar-refractivity contribution < 1.29 is 33.8 Å². The number of esters is 2. The molecule has 1 aliphatic rings. The Labute approximate surface area is 173 Å². The van der Waals surface area contributed by atoms with Crippen molar-refractivity contribution in [1.29, 1.82) is 0 Å². The molecule has 1 unspecified atom stereocenters. The fraction of sp³-hybridized carbons (Fsp3) is 0.273. The topological polar surface area (TPSA) is 110 Å². The van der Waals surface area contributed by atoms with E-state index in [0.717, 1.165) is 5.56 Å². The number of hydrogen-bond acceptors (Lipinski definition) is 6. The third-order valence-electron chi connectivity index (χ3n) is 4.78. The molecule has 1 heterocycles. The molecule has 0 radical (unpaired) electrons. The highest BCUT2D eigenvalue weighted by molar-refractivity contribution is 6.09. The number of amides is 1. The molecule has 0 saturated carbocycles. The Kier molecular flexibility index (Phi) is 5.86. The van der Waals surface area contributed by atoms with Gasteiger partial charge in [0.15, 0.2) is 0 Å². The first-order valence-electron chi connectivity index (χ1n) is 9.38. The van der Waals surface area contributed by atoms with Crippen LogP contribution in [0.3, 0.4) is 0 Å². The van der Waals surface area contributed by atoms with Crippen molar-refractivity contribution >= 4 is 29.5 Å². The highest BCUT2D eigenvalue weighted by atomic mass is 16.5. The number of aromatic carboxylic acids is 1. The van der Waals surface area contributed by atoms with E-state index in [2.05, 4.69) is 0 Å². The third-order valence-corrected chi connectivity index (χ3v) is 4.78. The van der Waals surface area contributed by atoms with Crippen molar-refractivity contribution in [3.8, 4) is 11.5 Å². The summed E-state index contributed by atoms with van der Waals surface area (Å²) in [4.78, 5) is 49.1. The maximum absolute atomic E-state index is 13.4. The van der Waals surface area contributed by atoms with Crippen LogP contribution < -0.4 is 14.4 Å². The van der Waals surface area contributed by atoms with E-state index in [-0.39, 0.29) is 28.7 Å². The van der Waals surface area contributed by atoms with E-state index >= 15 is 0 Å². The maximum Gasteiger partial charge on any atom is 0.335 e. The van der Waals surface area contributed by atoms with E-state index in [1.807, 2.05) is 6.92 Å². The quantitative estimate of drug-likeness (QED) is 0.607. The maximum atomic E-state index is 13.4. The summed E-state index contributed by atoms with van der Waals surface area (Å²) in [6, 6.07) is 8.69. The van der Waals surface area contributed by atoms with Crippen molar-refractivity contribution in [3.63, 3.8) is 0 Å². The lowest BCUT2D eigenvalue weighted by atomic mass is 9.94. The summed E-state index contributed by atoms with van der Waals surface area (Å²) >= 11 is 0. The number of carbonyl (C=O) groups is 4. The van der Waals surface area contributed by atoms with Gasteiger partial charge < -0.3 is 19.5 Å². The zero-order valence-electron chi connectivity index (χ0n) is 16.8. The van der Waals surface area contributed by atoms with Gasteiger partial charge in [-0.05, 0) is 55.7 Å². The molecule has 0 aromatic heterocycles. The standard InChI is InChI=1S/C22H21NO7/c1-12-4-5-15-10-16(22(27)28)6-9-19(15)23(12)21(26)18-8-7-17(29-13(2)24)11-20(18)30-14(3)25/h6-12H,4-5H2,1-3H3,(H,27,28). The molecular weight excluding hydrogens is 390 g/mol. The third kappa shape index (κ3) is 4.32. The van der Waals surface area contributed by atoms with Gasteiger partial charge in [0.05, 0.1) is 11.1 Å². The van der Waals surface area contributed by atoms with Crippen molar-refractivity contribution in [2.45, 2.75) is 39.7 Å². The largest absolute Gasteiger partial charge is 0.478 e. The smallest absolute Gasteiger partial charge is 0.335 e. The molecule has 8 nitrogen and oxygen atoms in total. The van der Waals surface area contributed by atoms with E-state index < -0.39 is 23.8 Å². The minimum atomic E-state index is -1.03. The molecule has 1 atom stereocenters. The molecule has 30 heavy (non-hydrogen) atoms. The van der Waals surface area contributed by atoms with Gasteiger partial charge in [-0.25, -0.2) is 4.79 Å². The predicted molar refractivity (Wildman–Crippen MR) is 107 cm³/mol. The van der Waals surface area contributed by atoms with Crippen LogP contribution in [0.4, 0.5) is 5.69 Å². The molecule has 0 fully saturated rings. The highest BCUT2D eigenvalue weighted by Crippen LogP contribution is 2.35. The second-order valence-corrected chi connectivity index (χ2v) is 7.06. The highest BCUT2D eigenvalue weighted by Gasteiger charge is 2.31. The van der Waals surface area contributed by atoms with E-state index in [1.165, 1.54) is 38.1 Å². The van der Waals surface area contributed by atoms with Crippen LogP contribution >= 0.6 is 0 Å². The lowest BCUT2D eigenvalue weighted by molar-refractivity contribution is -0.132. The van der Waals surface area contributed by atoms with Gasteiger partial charge in [-0.1, -0.05) is 0 Å². The van der Waals surface area contributed by atoms with Crippen molar-refractivity contribution in [3.05, 3.63) is 53.1 Å². The SMILES string of the molecule is CC(=O)Oc1ccc(C(=O)N2c3ccc(C(=O)O)cc3CCC2C)c(OC(C)=O)c1. The molecule has 8 heteroatoms. The van der Waals surface area contributed by atoms with Crippen molar-refractivity contribution in [2.75, 3.05) is 4.90 Å². The molecule has 0 aliphatic carbocycles. The zero-order valence-corrected chi connectivity index (χ0v) is 16.8. The molecule has 3 rings (SSSR count). The van der Waals surface area contributed by atoms with Crippen LogP contribution in [-0.4, -0.2) is 35.0 Å². The van der Waals surface area contributed by atoms with Gasteiger partial charge >= 0.3 is 17.9 Å². The van der Waals surface area contributed by atoms with Gasteiger partial charge in [-0.2, -0.15) is 0 Å². The Morgan fingerprint density at radius 1 is 1.00 bits per heavy atom. The summed E-state index contributed by atoms with van der Waals surface area (Å²) in [7, 11) is 0. The molecule has 0 bridgehead atoms. The summed E-state index contributed by atoms with van der Waals surface area (Å²) in [6.07, 6.45) is 1.29. The Morgan fingerprint density at radius 3 is 2.33 bits per heavy atom. The van der Waals surface area contributed by atoms with Gasteiger partial charge in [-0.15, -0.1) is 0 Å². The van der Waals surface area contributed by atoms with Gasteiger partial charge in [0.1, 0.15) is 11.5 Å². The van der Waals surface area contributed by atoms with E-state index in [1.54, 1.807) is 17.0 Å². The van der Waals surface area contributed by atoms with Gasteiger partial charge in [0.25, 0.3) is 5.91 Å². The number of carbonyl (C=O) groups excluding carboxylic acids is 3. The Bertz CT molecular complexity index is 1040. The number of nitrogens with zero attached hydrogens (tertiary/aromatic N) is 1. The van der Waals surface area contributed by atoms with Crippen molar-refractivity contribution in [1.82, 2.24) is 0 Å². The number of ether oxygens (including phenoxy) is 2. The number of rotatable bonds is 4. The lowest BCUT2D eigenvalue weighted by Gasteiger charge is -2.35. The molecule has 2 aromatic carbocycles. The minimum Gasteiger partial charge on any atom is -0.478 e. The molecule has 1 N–H and O–H groups in total. The van der Waals surface area contributed by atoms with Gasteiger partial charge in [0, 0.05) is 31.6 Å². The average molecular weight is 411 g/mol. The molecule has 1 amide bonds. The fourth-order valence-electron chi connectivity index (χ4n) is 3.47. The first kappa shape index (κ1) is 21.0. The summed E-state index contributed by atoms with van der Waals surface area (Å²) < 4.78 is 10.2. The van der Waals surface area contributed by atoms with Crippen LogP contribution in [-0.2, 0) is 16.0 Å². The zero-order chi connectivity index (χ0) is 22.0. The van der Waals surface area contributed by atoms with E-state index in [0.29, 0.717) is 18.5 Å². The average Bonchev–Trinajstić information content (AvgIpc) is 2.66. The summed E-state index contributed by atoms with van der Waals surface area (Å²) in [5, 5.41) is 9.24. The Morgan fingerprint density at radius 2 is 1.70 bits per heavy atom. The molecule has 156 valence electrons. The van der Waals surface area contributed by atoms with E-state index in [4.69, 9.17) is 9.47 Å². The lowest BCUT2D eigenvalue weighted by Crippen LogP contribution is -2.42. The van der Waals surface area contributed by atoms with Crippen LogP contribution in [0, 0.1) is 0 Å². The predicted octanol–water partition coefficient (Wildman–Crippen LogP) is 3.22. The molecule has 2 aromatic rings. The number of hydrogen-bond donors (Lipinski definition) is 1. The molecule has 0 spiro atoms. The minimum absolute atomic E-state index is 0.0206. The Hall–Kier alpha value is -3.68. The van der Waals surface area contributed by atoms with Crippen LogP contribution in [0.2, 0.25) is 0 Å². The molecular formula is C22H21NO7. The number of aryl methyl sites for hydroxylation is 1. The monoisotopic (exact) mass is 411 g/mol. The number of benzene rings is 2. The van der Waals surface area contributed by atoms with Gasteiger partial charge in [-0.3, -0.25) is 14.4 Å². The summed E-state index contributed by atoms with van der Waals surface area (Å²) in [6.45, 7) is 4.34. The molecule has 1 aliphatic heterocycles. The first-order valence-corrected chi connectivity index (χ1v) is 9.38. The van der Waals surface area contributed by atoms with Gasteiger partial charge in [0.2, 0.25) is 0 Å². The number of carboxylic acid groups (broad SMARTS) is 1. The first-order chi connectivity index (χ1) is 14.2. The fourth-order valence-corrected chi connectivity index (χ4v) is 3.47. The van der Waals surface area contributed by atoms with Crippen molar-refractivity contribution in [2.24, 2.45) is 0 Å². The second kappa shape index (κ2) is 8.36. The van der Waals surface area contributed by atoms with Crippen LogP contribution in [0.25, 0.3) is 0 Å². The second-order valence-electron chi connectivity index (χ2n) is 7.06. The Balaban J connectivity index is 2.04. The summed E-state index contributed by atoms with van der Waals surface area (Å²) in [5.74, 6) is -2.48. The molecule has 0 saturated heterocycles. The number of carboxylic acids is 1. The van der Waals surface area contributed by atoms with Crippen LogP contribution in [0.1, 0.15) is 53.5 Å². The van der Waals surface area contributed by atoms with Crippen LogP contribution in [0.15, 0.2) is 36.4 Å². The van der Waals surface area contributed by atoms with E-state index in [9.17, 15) is 24.3 Å². The van der Waals surface area contributed by atoms with Crippen LogP contribution in [0.5, 0.6) is 11.5 Å². The normalized spacial score (nSPS) is 15.2. The summed E-state index contributed by atoms with van der Waals surface area (Å²) in [5.41, 5.74) is 1.65.